The lowest BCUT2D eigenvalue weighted by Crippen LogP contribution is -2.40. The molecule has 2 aliphatic rings. The first-order valence-electron chi connectivity index (χ1n) is 10.9. The highest BCUT2D eigenvalue weighted by atomic mass is 35.5. The molecule has 10 heteroatoms. The van der Waals surface area contributed by atoms with Gasteiger partial charge in [-0.25, -0.2) is 8.42 Å². The molecule has 0 fully saturated rings. The summed E-state index contributed by atoms with van der Waals surface area (Å²) in [5.41, 5.74) is 1.39. The van der Waals surface area contributed by atoms with Gasteiger partial charge in [0.2, 0.25) is 5.91 Å². The molecule has 0 saturated heterocycles. The summed E-state index contributed by atoms with van der Waals surface area (Å²) in [7, 11) is -3.67. The fourth-order valence-corrected chi connectivity index (χ4v) is 5.31. The Labute approximate surface area is 198 Å². The van der Waals surface area contributed by atoms with Crippen molar-refractivity contribution in [3.05, 3.63) is 52.5 Å². The molecule has 0 spiro atoms. The second-order valence-electron chi connectivity index (χ2n) is 8.05. The molecule has 0 aliphatic carbocycles. The number of hydrogen-bond acceptors (Lipinski definition) is 6. The first-order chi connectivity index (χ1) is 15.8. The van der Waals surface area contributed by atoms with Crippen molar-refractivity contribution in [2.24, 2.45) is 10.9 Å². The summed E-state index contributed by atoms with van der Waals surface area (Å²) >= 11 is 6.29. The van der Waals surface area contributed by atoms with Gasteiger partial charge in [-0.3, -0.25) is 14.5 Å². The van der Waals surface area contributed by atoms with Crippen LogP contribution in [0.3, 0.4) is 0 Å². The van der Waals surface area contributed by atoms with Crippen molar-refractivity contribution >= 4 is 33.4 Å². The van der Waals surface area contributed by atoms with Crippen LogP contribution in [0.2, 0.25) is 5.02 Å². The first-order valence-corrected chi connectivity index (χ1v) is 12.7. The van der Waals surface area contributed by atoms with E-state index in [0.717, 1.165) is 5.56 Å². The maximum Gasteiger partial charge on any atom is 0.263 e. The summed E-state index contributed by atoms with van der Waals surface area (Å²) in [5.74, 6) is 1.00. The molecule has 8 nitrogen and oxygen atoms in total. The molecule has 0 bridgehead atoms. The zero-order valence-corrected chi connectivity index (χ0v) is 20.0. The zero-order chi connectivity index (χ0) is 23.6. The molecule has 0 radical (unpaired) electrons. The van der Waals surface area contributed by atoms with Crippen molar-refractivity contribution in [3.8, 4) is 11.5 Å². The molecule has 2 N–H and O–H groups in total. The van der Waals surface area contributed by atoms with E-state index in [-0.39, 0.29) is 22.6 Å². The number of halogens is 1. The van der Waals surface area contributed by atoms with Gasteiger partial charge in [-0.15, -0.1) is 0 Å². The molecule has 2 aromatic carbocycles. The van der Waals surface area contributed by atoms with Crippen LogP contribution >= 0.6 is 11.6 Å². The number of benzene rings is 2. The van der Waals surface area contributed by atoms with E-state index in [1.807, 2.05) is 19.9 Å². The summed E-state index contributed by atoms with van der Waals surface area (Å²) in [6.45, 7) is 5.18. The number of sulfonamides is 1. The van der Waals surface area contributed by atoms with Crippen molar-refractivity contribution in [1.82, 2.24) is 10.0 Å². The van der Waals surface area contributed by atoms with Crippen LogP contribution in [0, 0.1) is 5.92 Å². The molecule has 4 rings (SSSR count). The van der Waals surface area contributed by atoms with Crippen LogP contribution in [0.15, 0.2) is 46.3 Å². The van der Waals surface area contributed by atoms with Gasteiger partial charge in [-0.05, 0) is 42.2 Å². The molecule has 1 amide bonds. The van der Waals surface area contributed by atoms with Crippen molar-refractivity contribution in [2.45, 2.75) is 37.6 Å². The summed E-state index contributed by atoms with van der Waals surface area (Å²) in [4.78, 5) is 17.7. The van der Waals surface area contributed by atoms with Crippen molar-refractivity contribution < 1.29 is 22.7 Å². The minimum absolute atomic E-state index is 0.0847. The van der Waals surface area contributed by atoms with E-state index in [1.54, 1.807) is 24.3 Å². The van der Waals surface area contributed by atoms with Crippen LogP contribution in [0.5, 0.6) is 11.5 Å². The third kappa shape index (κ3) is 4.94. The number of ether oxygens (including phenoxy) is 2. The van der Waals surface area contributed by atoms with Gasteiger partial charge in [0.05, 0.1) is 9.92 Å². The second kappa shape index (κ2) is 9.61. The molecule has 176 valence electrons. The predicted molar refractivity (Wildman–Crippen MR) is 126 cm³/mol. The fraction of sp³-hybridized carbons (Fsp3) is 0.391. The summed E-state index contributed by atoms with van der Waals surface area (Å²) in [6, 6.07) is 9.54. The Morgan fingerprint density at radius 1 is 1.24 bits per heavy atom. The van der Waals surface area contributed by atoms with E-state index < -0.39 is 16.1 Å². The smallest absolute Gasteiger partial charge is 0.263 e. The fourth-order valence-electron chi connectivity index (χ4n) is 3.78. The number of carbonyl (C=O) groups is 1. The van der Waals surface area contributed by atoms with Crippen molar-refractivity contribution in [2.75, 3.05) is 19.8 Å². The second-order valence-corrected chi connectivity index (χ2v) is 10.1. The summed E-state index contributed by atoms with van der Waals surface area (Å²) < 4.78 is 38.4. The number of nitrogens with one attached hydrogen (secondary N) is 2. The third-order valence-corrected chi connectivity index (χ3v) is 7.43. The predicted octanol–water partition coefficient (Wildman–Crippen LogP) is 2.92. The number of nitrogens with zero attached hydrogens (tertiary/aromatic N) is 1. The Bertz CT molecular complexity index is 1200. The minimum atomic E-state index is -3.67. The largest absolute Gasteiger partial charge is 0.486 e. The van der Waals surface area contributed by atoms with Crippen LogP contribution in [-0.2, 0) is 21.2 Å². The number of carbonyl (C=O) groups excluding carboxylic acids is 1. The van der Waals surface area contributed by atoms with E-state index in [0.29, 0.717) is 54.7 Å². The average molecular weight is 492 g/mol. The Morgan fingerprint density at radius 3 is 2.79 bits per heavy atom. The molecule has 0 aromatic heterocycles. The van der Waals surface area contributed by atoms with Crippen LogP contribution in [0.1, 0.15) is 31.4 Å². The highest BCUT2D eigenvalue weighted by molar-refractivity contribution is 7.90. The number of fused-ring (bicyclic) bond motifs is 2. The molecule has 0 saturated carbocycles. The highest BCUT2D eigenvalue weighted by Crippen LogP contribution is 2.38. The Morgan fingerprint density at radius 2 is 2.00 bits per heavy atom. The first kappa shape index (κ1) is 23.4. The standard InChI is InChI=1S/C23H26ClN3O5S/c1-3-14(2)20(26-22-16-6-4-5-7-19(16)33(29,30)27-22)23(28)25-9-8-15-12-17(24)21-18(13-15)31-10-11-32-21/h4-7,12-14,20H,3,8-11H2,1-2H3,(H,25,28)(H,26,27)/t14-,20-/m0/s1. The minimum Gasteiger partial charge on any atom is -0.486 e. The van der Waals surface area contributed by atoms with Gasteiger partial charge in [0.25, 0.3) is 10.0 Å². The normalized spacial score (nSPS) is 18.8. The Balaban J connectivity index is 1.47. The average Bonchev–Trinajstić information content (AvgIpc) is 3.07. The molecule has 2 heterocycles. The van der Waals surface area contributed by atoms with Gasteiger partial charge in [-0.2, -0.15) is 0 Å². The quantitative estimate of drug-likeness (QED) is 0.619. The van der Waals surface area contributed by atoms with Gasteiger partial charge in [0.15, 0.2) is 11.5 Å². The van der Waals surface area contributed by atoms with Gasteiger partial charge in [0, 0.05) is 12.1 Å². The lowest BCUT2D eigenvalue weighted by atomic mass is 9.98. The Hall–Kier alpha value is -2.78. The maximum absolute atomic E-state index is 13.0. The van der Waals surface area contributed by atoms with E-state index in [1.165, 1.54) is 6.07 Å². The van der Waals surface area contributed by atoms with Gasteiger partial charge in [-0.1, -0.05) is 44.0 Å². The molecule has 2 atom stereocenters. The number of amidine groups is 1. The van der Waals surface area contributed by atoms with Gasteiger partial charge < -0.3 is 14.8 Å². The third-order valence-electron chi connectivity index (χ3n) is 5.75. The number of hydrogen-bond donors (Lipinski definition) is 2. The number of rotatable bonds is 7. The van der Waals surface area contributed by atoms with Crippen LogP contribution in [0.4, 0.5) is 0 Å². The number of aliphatic imine (C=N–C) groups is 1. The maximum atomic E-state index is 13.0. The molecule has 0 unspecified atom stereocenters. The zero-order valence-electron chi connectivity index (χ0n) is 18.4. The van der Waals surface area contributed by atoms with Crippen molar-refractivity contribution in [1.29, 1.82) is 0 Å². The van der Waals surface area contributed by atoms with E-state index in [4.69, 9.17) is 21.1 Å². The molecular formula is C23H26ClN3O5S. The monoisotopic (exact) mass is 491 g/mol. The van der Waals surface area contributed by atoms with E-state index in [9.17, 15) is 13.2 Å². The van der Waals surface area contributed by atoms with Gasteiger partial charge >= 0.3 is 0 Å². The molecule has 2 aliphatic heterocycles. The molecule has 2 aromatic rings. The van der Waals surface area contributed by atoms with E-state index in [2.05, 4.69) is 15.0 Å². The summed E-state index contributed by atoms with van der Waals surface area (Å²) in [5, 5.41) is 3.40. The lowest BCUT2D eigenvalue weighted by molar-refractivity contribution is -0.123. The number of amides is 1. The van der Waals surface area contributed by atoms with Gasteiger partial charge in [0.1, 0.15) is 25.1 Å². The van der Waals surface area contributed by atoms with E-state index >= 15 is 0 Å². The SMILES string of the molecule is CC[C@H](C)[C@H](N=C1NS(=O)(=O)c2ccccc21)C(=O)NCCc1cc(Cl)c2c(c1)OCCO2. The Kier molecular flexibility index (Phi) is 6.81. The molecule has 33 heavy (non-hydrogen) atoms. The van der Waals surface area contributed by atoms with Crippen LogP contribution in [0.25, 0.3) is 0 Å². The summed E-state index contributed by atoms with van der Waals surface area (Å²) in [6.07, 6.45) is 1.25. The highest BCUT2D eigenvalue weighted by Gasteiger charge is 2.33. The van der Waals surface area contributed by atoms with Crippen molar-refractivity contribution in [3.63, 3.8) is 0 Å². The van der Waals surface area contributed by atoms with Crippen LogP contribution in [-0.4, -0.2) is 46.0 Å². The van der Waals surface area contributed by atoms with Crippen LogP contribution < -0.4 is 19.5 Å². The topological polar surface area (TPSA) is 106 Å². The lowest BCUT2D eigenvalue weighted by Gasteiger charge is -2.21. The molecular weight excluding hydrogens is 466 g/mol.